The van der Waals surface area contributed by atoms with E-state index in [1.54, 1.807) is 6.92 Å². The number of hydrogen-bond donors (Lipinski definition) is 6. The molecule has 0 unspecified atom stereocenters. The van der Waals surface area contributed by atoms with E-state index in [2.05, 4.69) is 16.0 Å². The van der Waals surface area contributed by atoms with Gasteiger partial charge in [0.15, 0.2) is 0 Å². The highest BCUT2D eigenvalue weighted by atomic mass is 19.1. The van der Waals surface area contributed by atoms with Gasteiger partial charge in [0, 0.05) is 35.3 Å². The van der Waals surface area contributed by atoms with Gasteiger partial charge < -0.3 is 40.4 Å². The number of hydrogen-bond acceptors (Lipinski definition) is 8. The van der Waals surface area contributed by atoms with Crippen molar-refractivity contribution < 1.29 is 52.4 Å². The second kappa shape index (κ2) is 14.1. The highest BCUT2D eigenvalue weighted by molar-refractivity contribution is 6.62. The summed E-state index contributed by atoms with van der Waals surface area (Å²) >= 11 is 0. The van der Waals surface area contributed by atoms with Gasteiger partial charge in [-0.25, -0.2) is 8.78 Å². The minimum absolute atomic E-state index is 0.0733. The van der Waals surface area contributed by atoms with Crippen LogP contribution in [-0.2, 0) is 32.1 Å². The molecule has 0 spiro atoms. The van der Waals surface area contributed by atoms with E-state index in [-0.39, 0.29) is 65.9 Å². The molecule has 0 bridgehead atoms. The average molecular weight is 601 g/mol. The lowest BCUT2D eigenvalue weighted by Gasteiger charge is -2.19. The van der Waals surface area contributed by atoms with E-state index in [4.69, 9.17) is 14.4 Å². The van der Waals surface area contributed by atoms with Gasteiger partial charge in [-0.05, 0) is 54.5 Å². The lowest BCUT2D eigenvalue weighted by atomic mass is 9.78. The van der Waals surface area contributed by atoms with Crippen molar-refractivity contribution in [3.8, 4) is 0 Å². The minimum Gasteiger partial charge on any atom is -0.481 e. The van der Waals surface area contributed by atoms with Crippen LogP contribution in [0.25, 0.3) is 0 Å². The van der Waals surface area contributed by atoms with Crippen molar-refractivity contribution in [3.63, 3.8) is 0 Å². The number of amides is 3. The molecule has 0 saturated heterocycles. The normalized spacial score (nSPS) is 15.0. The van der Waals surface area contributed by atoms with Crippen molar-refractivity contribution >= 4 is 48.9 Å². The van der Waals surface area contributed by atoms with Crippen LogP contribution < -0.4 is 26.9 Å². The largest absolute Gasteiger partial charge is 0.491 e. The molecule has 2 aliphatic rings. The van der Waals surface area contributed by atoms with Gasteiger partial charge >= 0.3 is 20.2 Å². The Kier molecular flexibility index (Phi) is 10.5. The zero-order valence-electron chi connectivity index (χ0n) is 23.3. The second-order valence-electron chi connectivity index (χ2n) is 10.5. The van der Waals surface area contributed by atoms with Gasteiger partial charge in [-0.15, -0.1) is 0 Å². The van der Waals surface area contributed by atoms with Gasteiger partial charge in [0.25, 0.3) is 11.8 Å². The Morgan fingerprint density at radius 2 is 1.40 bits per heavy atom. The van der Waals surface area contributed by atoms with Crippen LogP contribution in [0.2, 0.25) is 0 Å². The summed E-state index contributed by atoms with van der Waals surface area (Å²) in [5, 5.41) is 36.5. The number of carbonyl (C=O) groups excluding carboxylic acids is 3. The van der Waals surface area contributed by atoms with E-state index in [9.17, 15) is 38.0 Å². The van der Waals surface area contributed by atoms with Crippen molar-refractivity contribution in [2.45, 2.75) is 51.9 Å². The summed E-state index contributed by atoms with van der Waals surface area (Å²) in [6.07, 6.45) is 1.34. The van der Waals surface area contributed by atoms with Crippen LogP contribution >= 0.6 is 0 Å². The Balaban J connectivity index is 1.40. The highest BCUT2D eigenvalue weighted by Gasteiger charge is 2.33. The molecule has 0 radical (unpaired) electrons. The van der Waals surface area contributed by atoms with Crippen LogP contribution in [0, 0.1) is 17.6 Å². The van der Waals surface area contributed by atoms with Crippen LogP contribution in [0.4, 0.5) is 8.78 Å². The third kappa shape index (κ3) is 7.76. The molecular formula is C27H31B2F2N3O9. The van der Waals surface area contributed by atoms with Gasteiger partial charge in [0.2, 0.25) is 5.91 Å². The quantitative estimate of drug-likeness (QED) is 0.128. The molecule has 2 atom stereocenters. The number of carboxylic acids is 1. The van der Waals surface area contributed by atoms with Crippen molar-refractivity contribution in [1.82, 2.24) is 16.0 Å². The van der Waals surface area contributed by atoms with E-state index >= 15 is 0 Å². The first kappa shape index (κ1) is 32.1. The number of halogens is 2. The summed E-state index contributed by atoms with van der Waals surface area (Å²) in [6, 6.07) is 3.37. The molecular weight excluding hydrogens is 570 g/mol. The molecule has 2 heterocycles. The first-order valence-electron chi connectivity index (χ1n) is 13.8. The molecule has 43 heavy (non-hydrogen) atoms. The summed E-state index contributed by atoms with van der Waals surface area (Å²) in [5.41, 5.74) is 0.300. The Morgan fingerprint density at radius 3 is 1.95 bits per heavy atom. The summed E-state index contributed by atoms with van der Waals surface area (Å²) < 4.78 is 38.9. The molecule has 0 saturated carbocycles. The molecule has 2 aromatic rings. The number of unbranched alkanes of at least 4 members (excludes halogenated alkanes) is 1. The molecule has 2 aromatic carbocycles. The third-order valence-corrected chi connectivity index (χ3v) is 7.41. The summed E-state index contributed by atoms with van der Waals surface area (Å²) in [6.45, 7) is 1.37. The third-order valence-electron chi connectivity index (χ3n) is 7.41. The Hall–Kier alpha value is -3.85. The average Bonchev–Trinajstić information content (AvgIpc) is 3.54. The van der Waals surface area contributed by atoms with Gasteiger partial charge in [-0.3, -0.25) is 19.2 Å². The topological polar surface area (TPSA) is 184 Å². The molecule has 6 N–H and O–H groups in total. The maximum absolute atomic E-state index is 14.5. The fraction of sp³-hybridized carbons (Fsp3) is 0.407. The van der Waals surface area contributed by atoms with E-state index in [1.807, 2.05) is 0 Å². The lowest BCUT2D eigenvalue weighted by molar-refractivity contribution is -0.141. The number of rotatable bonds is 13. The molecule has 4 rings (SSSR count). The number of benzene rings is 2. The first-order chi connectivity index (χ1) is 20.5. The van der Waals surface area contributed by atoms with E-state index in [0.29, 0.717) is 19.3 Å². The van der Waals surface area contributed by atoms with E-state index in [0.717, 1.165) is 12.1 Å². The monoisotopic (exact) mass is 601 g/mol. The number of fused-ring (bicyclic) bond motifs is 2. The zero-order valence-corrected chi connectivity index (χ0v) is 23.3. The van der Waals surface area contributed by atoms with Crippen LogP contribution in [0.5, 0.6) is 0 Å². The number of carboxylic acid groups (broad SMARTS) is 1. The molecule has 3 amide bonds. The molecule has 16 heteroatoms. The molecule has 2 aliphatic heterocycles. The van der Waals surface area contributed by atoms with Crippen molar-refractivity contribution in [1.29, 1.82) is 0 Å². The molecule has 0 fully saturated rings. The SMILES string of the molecule is C[C@@H](CCCCNC(=O)[C@H](CCNC(=O)c1cc(F)c2c(c1)B(O)OC2)NC(=O)c1cc(F)c2c(c1)B(O)OC2)C(=O)O. The first-order valence-corrected chi connectivity index (χ1v) is 13.8. The summed E-state index contributed by atoms with van der Waals surface area (Å²) in [5.74, 6) is -4.99. The van der Waals surface area contributed by atoms with Crippen LogP contribution in [0.15, 0.2) is 24.3 Å². The van der Waals surface area contributed by atoms with Gasteiger partial charge in [-0.2, -0.15) is 0 Å². The summed E-state index contributed by atoms with van der Waals surface area (Å²) in [7, 11) is -2.75. The maximum atomic E-state index is 14.5. The Bertz CT molecular complexity index is 1410. The lowest BCUT2D eigenvalue weighted by Crippen LogP contribution is -2.48. The smallest absolute Gasteiger partial charge is 0.481 e. The van der Waals surface area contributed by atoms with Crippen molar-refractivity contribution in [2.75, 3.05) is 13.1 Å². The molecule has 228 valence electrons. The van der Waals surface area contributed by atoms with Gasteiger partial charge in [0.1, 0.15) is 17.7 Å². The van der Waals surface area contributed by atoms with Gasteiger partial charge in [-0.1, -0.05) is 13.3 Å². The van der Waals surface area contributed by atoms with Crippen LogP contribution in [0.1, 0.15) is 64.4 Å². The maximum Gasteiger partial charge on any atom is 0.491 e. The standard InChI is InChI=1S/C27H31B2F2N3O9/c1-14(27(38)39)4-2-3-6-32-26(37)23(34-25(36)16-9-20-18(22(31)11-16)13-43-29(20)41)5-7-33-24(35)15-8-19-17(21(30)10-15)12-42-28(19)40/h8-11,14,23,40-41H,2-7,12-13H2,1H3,(H,32,37)(H,33,35)(H,34,36)(H,38,39)/t14-,23-/m0/s1. The van der Waals surface area contributed by atoms with E-state index < -0.39 is 61.5 Å². The van der Waals surface area contributed by atoms with Crippen molar-refractivity contribution in [3.05, 3.63) is 58.2 Å². The molecule has 12 nitrogen and oxygen atoms in total. The summed E-state index contributed by atoms with van der Waals surface area (Å²) in [4.78, 5) is 49.7. The van der Waals surface area contributed by atoms with Crippen molar-refractivity contribution in [2.24, 2.45) is 5.92 Å². The predicted molar refractivity (Wildman–Crippen MR) is 149 cm³/mol. The van der Waals surface area contributed by atoms with Gasteiger partial charge in [0.05, 0.1) is 19.1 Å². The number of nitrogens with one attached hydrogen (secondary N) is 3. The molecule has 0 aromatic heterocycles. The second-order valence-corrected chi connectivity index (χ2v) is 10.5. The molecule has 0 aliphatic carbocycles. The number of aliphatic carboxylic acids is 1. The van der Waals surface area contributed by atoms with Crippen LogP contribution in [0.3, 0.4) is 0 Å². The Morgan fingerprint density at radius 1 is 0.837 bits per heavy atom. The fourth-order valence-corrected chi connectivity index (χ4v) is 4.80. The Labute approximate surface area is 246 Å². The fourth-order valence-electron chi connectivity index (χ4n) is 4.80. The van der Waals surface area contributed by atoms with Crippen LogP contribution in [-0.4, -0.2) is 72.2 Å². The number of carbonyl (C=O) groups is 4. The zero-order chi connectivity index (χ0) is 31.3. The minimum atomic E-state index is -1.40. The highest BCUT2D eigenvalue weighted by Crippen LogP contribution is 2.17. The predicted octanol–water partition coefficient (Wildman–Crippen LogP) is -0.674. The van der Waals surface area contributed by atoms with E-state index in [1.165, 1.54) is 12.1 Å².